The third-order valence-corrected chi connectivity index (χ3v) is 8.64. The van der Waals surface area contributed by atoms with Gasteiger partial charge in [0.25, 0.3) is 11.5 Å². The number of aromatic amines is 1. The third-order valence-electron chi connectivity index (χ3n) is 8.64. The van der Waals surface area contributed by atoms with Crippen molar-refractivity contribution in [1.82, 2.24) is 15.2 Å². The SMILES string of the molecule is O=C(NC1C2CC3CC(C2)CC1C3)c1ccc(CN2CC=C(c3ccc(F)cc3)CC2)[nH]c1=O. The molecule has 2 heterocycles. The first-order valence-electron chi connectivity index (χ1n) is 12.7. The first-order valence-corrected chi connectivity index (χ1v) is 12.7. The van der Waals surface area contributed by atoms with Crippen LogP contribution in [0.2, 0.25) is 0 Å². The number of amides is 1. The van der Waals surface area contributed by atoms with Crippen LogP contribution in [0.1, 0.15) is 60.1 Å². The minimum absolute atomic E-state index is 0.217. The van der Waals surface area contributed by atoms with Crippen molar-refractivity contribution < 1.29 is 9.18 Å². The van der Waals surface area contributed by atoms with Crippen molar-refractivity contribution in [3.05, 3.63) is 75.5 Å². The molecule has 4 fully saturated rings. The Balaban J connectivity index is 1.08. The number of hydrogen-bond acceptors (Lipinski definition) is 3. The number of aromatic nitrogens is 1. The van der Waals surface area contributed by atoms with E-state index in [0.29, 0.717) is 18.4 Å². The van der Waals surface area contributed by atoms with Gasteiger partial charge in [0.2, 0.25) is 0 Å². The van der Waals surface area contributed by atoms with E-state index < -0.39 is 0 Å². The average molecular weight is 462 g/mol. The zero-order valence-electron chi connectivity index (χ0n) is 19.4. The van der Waals surface area contributed by atoms with Crippen LogP contribution >= 0.6 is 0 Å². The first-order chi connectivity index (χ1) is 16.5. The fourth-order valence-electron chi connectivity index (χ4n) is 7.20. The summed E-state index contributed by atoms with van der Waals surface area (Å²) in [4.78, 5) is 30.9. The molecule has 0 saturated heterocycles. The summed E-state index contributed by atoms with van der Waals surface area (Å²) < 4.78 is 13.2. The molecule has 0 atom stereocenters. The first kappa shape index (κ1) is 21.8. The maximum atomic E-state index is 13.2. The Labute approximate surface area is 199 Å². The summed E-state index contributed by atoms with van der Waals surface area (Å²) >= 11 is 0. The van der Waals surface area contributed by atoms with E-state index in [9.17, 15) is 14.0 Å². The normalized spacial score (nSPS) is 30.3. The summed E-state index contributed by atoms with van der Waals surface area (Å²) in [7, 11) is 0. The lowest BCUT2D eigenvalue weighted by atomic mass is 9.54. The molecule has 5 aliphatic rings. The Kier molecular flexibility index (Phi) is 5.64. The second-order valence-corrected chi connectivity index (χ2v) is 10.9. The zero-order valence-corrected chi connectivity index (χ0v) is 19.4. The molecular weight excluding hydrogens is 429 g/mol. The van der Waals surface area contributed by atoms with E-state index >= 15 is 0 Å². The van der Waals surface area contributed by atoms with Gasteiger partial charge in [-0.25, -0.2) is 4.39 Å². The summed E-state index contributed by atoms with van der Waals surface area (Å²) in [5.74, 6) is 2.44. The third kappa shape index (κ3) is 4.24. The molecule has 1 aromatic heterocycles. The molecule has 0 spiro atoms. The lowest BCUT2D eigenvalue weighted by molar-refractivity contribution is -0.0119. The maximum absolute atomic E-state index is 13.2. The molecule has 4 saturated carbocycles. The predicted octanol–water partition coefficient (Wildman–Crippen LogP) is 4.36. The van der Waals surface area contributed by atoms with Gasteiger partial charge in [0.1, 0.15) is 11.4 Å². The molecule has 4 bridgehead atoms. The maximum Gasteiger partial charge on any atom is 0.261 e. The standard InChI is InChI=1S/C28H32FN3O2/c29-23-3-1-19(2-4-23)20-7-9-32(10-8-20)16-24-5-6-25(27(33)30-24)28(34)31-26-21-12-17-11-18(14-21)15-22(26)13-17/h1-7,17-18,21-22,26H,8-16H2,(H,30,33)(H,31,34). The number of rotatable bonds is 5. The summed E-state index contributed by atoms with van der Waals surface area (Å²) in [5, 5.41) is 3.24. The van der Waals surface area contributed by atoms with Crippen molar-refractivity contribution in [1.29, 1.82) is 0 Å². The van der Waals surface area contributed by atoms with Crippen molar-refractivity contribution in [2.75, 3.05) is 13.1 Å². The predicted molar refractivity (Wildman–Crippen MR) is 130 cm³/mol. The number of carbonyl (C=O) groups is 1. The highest BCUT2D eigenvalue weighted by Gasteiger charge is 2.48. The van der Waals surface area contributed by atoms with E-state index in [1.165, 1.54) is 49.8 Å². The van der Waals surface area contributed by atoms with Crippen LogP contribution in [-0.4, -0.2) is 34.9 Å². The summed E-state index contributed by atoms with van der Waals surface area (Å²) in [6.45, 7) is 2.25. The zero-order chi connectivity index (χ0) is 23.2. The molecule has 34 heavy (non-hydrogen) atoms. The molecule has 1 amide bonds. The monoisotopic (exact) mass is 461 g/mol. The lowest BCUT2D eigenvalue weighted by Gasteiger charge is -2.54. The highest BCUT2D eigenvalue weighted by atomic mass is 19.1. The largest absolute Gasteiger partial charge is 0.349 e. The van der Waals surface area contributed by atoms with Gasteiger partial charge in [0.15, 0.2) is 0 Å². The average Bonchev–Trinajstić information content (AvgIpc) is 2.82. The molecule has 0 radical (unpaired) electrons. The van der Waals surface area contributed by atoms with Crippen LogP contribution in [0.4, 0.5) is 4.39 Å². The summed E-state index contributed by atoms with van der Waals surface area (Å²) in [6, 6.07) is 10.4. The Hall–Kier alpha value is -2.73. The number of H-pyrrole nitrogens is 1. The van der Waals surface area contributed by atoms with Crippen molar-refractivity contribution >= 4 is 11.5 Å². The topological polar surface area (TPSA) is 65.2 Å². The highest BCUT2D eigenvalue weighted by molar-refractivity contribution is 5.94. The highest BCUT2D eigenvalue weighted by Crippen LogP contribution is 2.53. The van der Waals surface area contributed by atoms with Crippen LogP contribution in [0.15, 0.2) is 47.3 Å². The van der Waals surface area contributed by atoms with Gasteiger partial charge in [-0.05, 0) is 97.6 Å². The van der Waals surface area contributed by atoms with Gasteiger partial charge >= 0.3 is 0 Å². The van der Waals surface area contributed by atoms with Gasteiger partial charge in [-0.15, -0.1) is 0 Å². The van der Waals surface area contributed by atoms with Gasteiger partial charge in [-0.3, -0.25) is 14.5 Å². The molecule has 2 N–H and O–H groups in total. The Morgan fingerprint density at radius 2 is 1.71 bits per heavy atom. The number of benzene rings is 1. The minimum atomic E-state index is -0.307. The number of pyridine rings is 1. The smallest absolute Gasteiger partial charge is 0.261 e. The molecule has 2 aromatic rings. The van der Waals surface area contributed by atoms with Gasteiger partial charge in [-0.2, -0.15) is 0 Å². The van der Waals surface area contributed by atoms with E-state index in [2.05, 4.69) is 21.3 Å². The Morgan fingerprint density at radius 3 is 2.32 bits per heavy atom. The molecule has 7 rings (SSSR count). The van der Waals surface area contributed by atoms with Crippen molar-refractivity contribution in [3.8, 4) is 0 Å². The Morgan fingerprint density at radius 1 is 1.00 bits per heavy atom. The van der Waals surface area contributed by atoms with Crippen molar-refractivity contribution in [2.45, 2.75) is 51.1 Å². The van der Waals surface area contributed by atoms with Gasteiger partial charge in [0.05, 0.1) is 0 Å². The van der Waals surface area contributed by atoms with Crippen LogP contribution in [0.3, 0.4) is 0 Å². The summed E-state index contributed by atoms with van der Waals surface area (Å²) in [5.41, 5.74) is 3.01. The molecule has 178 valence electrons. The molecular formula is C28H32FN3O2. The van der Waals surface area contributed by atoms with E-state index in [0.717, 1.165) is 42.6 Å². The van der Waals surface area contributed by atoms with E-state index in [1.807, 2.05) is 18.2 Å². The Bertz CT molecular complexity index is 1140. The van der Waals surface area contributed by atoms with Gasteiger partial charge < -0.3 is 10.3 Å². The number of halogens is 1. The molecule has 0 unspecified atom stereocenters. The van der Waals surface area contributed by atoms with E-state index in [4.69, 9.17) is 0 Å². The number of hydrogen-bond donors (Lipinski definition) is 2. The van der Waals surface area contributed by atoms with E-state index in [-0.39, 0.29) is 28.9 Å². The number of nitrogens with one attached hydrogen (secondary N) is 2. The minimum Gasteiger partial charge on any atom is -0.349 e. The molecule has 4 aliphatic carbocycles. The van der Waals surface area contributed by atoms with Gasteiger partial charge in [0, 0.05) is 31.4 Å². The van der Waals surface area contributed by atoms with Crippen LogP contribution in [0, 0.1) is 29.5 Å². The number of nitrogens with zero attached hydrogens (tertiary/aromatic N) is 1. The molecule has 6 heteroatoms. The second kappa shape index (κ2) is 8.81. The second-order valence-electron chi connectivity index (χ2n) is 10.9. The molecule has 5 nitrogen and oxygen atoms in total. The van der Waals surface area contributed by atoms with E-state index in [1.54, 1.807) is 6.07 Å². The van der Waals surface area contributed by atoms with Crippen molar-refractivity contribution in [2.24, 2.45) is 23.7 Å². The fraction of sp³-hybridized carbons (Fsp3) is 0.500. The number of carbonyl (C=O) groups excluding carboxylic acids is 1. The summed E-state index contributed by atoms with van der Waals surface area (Å²) in [6.07, 6.45) is 9.38. The van der Waals surface area contributed by atoms with Crippen LogP contribution in [0.25, 0.3) is 5.57 Å². The quantitative estimate of drug-likeness (QED) is 0.696. The van der Waals surface area contributed by atoms with Crippen molar-refractivity contribution in [3.63, 3.8) is 0 Å². The molecule has 1 aromatic carbocycles. The van der Waals surface area contributed by atoms with Crippen LogP contribution < -0.4 is 10.9 Å². The van der Waals surface area contributed by atoms with Gasteiger partial charge in [-0.1, -0.05) is 18.2 Å². The molecule has 1 aliphatic heterocycles. The fourth-order valence-corrected chi connectivity index (χ4v) is 7.20. The lowest BCUT2D eigenvalue weighted by Crippen LogP contribution is -2.56. The van der Waals surface area contributed by atoms with Crippen LogP contribution in [-0.2, 0) is 6.54 Å². The van der Waals surface area contributed by atoms with Crippen LogP contribution in [0.5, 0.6) is 0 Å².